The summed E-state index contributed by atoms with van der Waals surface area (Å²) in [5.41, 5.74) is 0.824. The molecule has 1 aromatic rings. The van der Waals surface area contributed by atoms with Gasteiger partial charge in [-0.3, -0.25) is 14.3 Å². The molecule has 1 spiro atoms. The summed E-state index contributed by atoms with van der Waals surface area (Å²) in [6.45, 7) is 6.31. The summed E-state index contributed by atoms with van der Waals surface area (Å²) in [7, 11) is 1.66. The first-order valence-electron chi connectivity index (χ1n) is 9.15. The minimum Gasteiger partial charge on any atom is -0.383 e. The highest BCUT2D eigenvalue weighted by Gasteiger charge is 2.41. The van der Waals surface area contributed by atoms with Crippen LogP contribution in [0.1, 0.15) is 43.0 Å². The minimum absolute atomic E-state index is 0.0673. The van der Waals surface area contributed by atoms with Gasteiger partial charge in [-0.15, -0.1) is 0 Å². The van der Waals surface area contributed by atoms with Gasteiger partial charge in [0.05, 0.1) is 18.4 Å². The number of carbonyl (C=O) groups is 2. The number of amides is 2. The molecular formula is C18H28N4O3. The van der Waals surface area contributed by atoms with Gasteiger partial charge in [0.15, 0.2) is 0 Å². The number of likely N-dealkylation sites (tertiary alicyclic amines) is 2. The fourth-order valence-corrected chi connectivity index (χ4v) is 3.93. The van der Waals surface area contributed by atoms with E-state index in [4.69, 9.17) is 4.74 Å². The van der Waals surface area contributed by atoms with Crippen LogP contribution in [0.25, 0.3) is 0 Å². The Morgan fingerprint density at radius 1 is 1.32 bits per heavy atom. The molecule has 7 heteroatoms. The van der Waals surface area contributed by atoms with Gasteiger partial charge >= 0.3 is 0 Å². The zero-order chi connectivity index (χ0) is 17.9. The van der Waals surface area contributed by atoms with Crippen molar-refractivity contribution >= 4 is 11.8 Å². The van der Waals surface area contributed by atoms with E-state index in [9.17, 15) is 9.59 Å². The number of aromatic nitrogens is 2. The molecule has 25 heavy (non-hydrogen) atoms. The normalized spacial score (nSPS) is 20.3. The molecule has 0 atom stereocenters. The van der Waals surface area contributed by atoms with Gasteiger partial charge in [0.25, 0.3) is 5.91 Å². The second-order valence-corrected chi connectivity index (χ2v) is 7.18. The van der Waals surface area contributed by atoms with Crippen molar-refractivity contribution in [2.24, 2.45) is 5.41 Å². The van der Waals surface area contributed by atoms with E-state index in [0.29, 0.717) is 25.1 Å². The number of methoxy groups -OCH3 is 1. The van der Waals surface area contributed by atoms with Gasteiger partial charge < -0.3 is 14.5 Å². The molecule has 0 aliphatic carbocycles. The molecule has 1 aromatic heterocycles. The van der Waals surface area contributed by atoms with E-state index in [1.54, 1.807) is 18.0 Å². The van der Waals surface area contributed by atoms with E-state index in [2.05, 4.69) is 5.10 Å². The maximum atomic E-state index is 12.6. The van der Waals surface area contributed by atoms with Gasteiger partial charge in [0.2, 0.25) is 5.91 Å². The van der Waals surface area contributed by atoms with Gasteiger partial charge in [-0.25, -0.2) is 0 Å². The van der Waals surface area contributed by atoms with Gasteiger partial charge in [0.1, 0.15) is 0 Å². The number of rotatable bonds is 5. The Bertz CT molecular complexity index is 620. The summed E-state index contributed by atoms with van der Waals surface area (Å²) in [6.07, 6.45) is 6.93. The summed E-state index contributed by atoms with van der Waals surface area (Å²) < 4.78 is 6.90. The SMILES string of the molecule is CCn1cc(C(=O)N2CCC3(CCC(=O)N(CCOC)C3)CC2)cn1. The zero-order valence-electron chi connectivity index (χ0n) is 15.2. The van der Waals surface area contributed by atoms with Crippen molar-refractivity contribution in [2.75, 3.05) is 39.9 Å². The fraction of sp³-hybridized carbons (Fsp3) is 0.722. The smallest absolute Gasteiger partial charge is 0.257 e. The van der Waals surface area contributed by atoms with Crippen molar-refractivity contribution in [1.82, 2.24) is 19.6 Å². The van der Waals surface area contributed by atoms with Gasteiger partial charge in [-0.1, -0.05) is 0 Å². The van der Waals surface area contributed by atoms with E-state index in [-0.39, 0.29) is 17.2 Å². The fourth-order valence-electron chi connectivity index (χ4n) is 3.93. The first-order valence-corrected chi connectivity index (χ1v) is 9.15. The number of aryl methyl sites for hydroxylation is 1. The predicted octanol–water partition coefficient (Wildman–Crippen LogP) is 1.39. The summed E-state index contributed by atoms with van der Waals surface area (Å²) >= 11 is 0. The summed E-state index contributed by atoms with van der Waals surface area (Å²) in [4.78, 5) is 28.6. The second kappa shape index (κ2) is 7.56. The Balaban J connectivity index is 1.59. The molecule has 2 amide bonds. The molecule has 7 nitrogen and oxygen atoms in total. The highest BCUT2D eigenvalue weighted by Crippen LogP contribution is 2.40. The Morgan fingerprint density at radius 3 is 2.72 bits per heavy atom. The monoisotopic (exact) mass is 348 g/mol. The molecule has 2 aliphatic heterocycles. The van der Waals surface area contributed by atoms with Gasteiger partial charge in [-0.2, -0.15) is 5.10 Å². The molecule has 3 heterocycles. The largest absolute Gasteiger partial charge is 0.383 e. The van der Waals surface area contributed by atoms with Crippen molar-refractivity contribution in [3.05, 3.63) is 18.0 Å². The Kier molecular flexibility index (Phi) is 5.42. The third kappa shape index (κ3) is 3.86. The Labute approximate surface area is 148 Å². The lowest BCUT2D eigenvalue weighted by molar-refractivity contribution is -0.139. The van der Waals surface area contributed by atoms with Crippen LogP contribution in [0.5, 0.6) is 0 Å². The number of piperidine rings is 2. The second-order valence-electron chi connectivity index (χ2n) is 7.18. The van der Waals surface area contributed by atoms with Crippen LogP contribution < -0.4 is 0 Å². The third-order valence-corrected chi connectivity index (χ3v) is 5.63. The van der Waals surface area contributed by atoms with E-state index in [1.807, 2.05) is 22.9 Å². The van der Waals surface area contributed by atoms with E-state index >= 15 is 0 Å². The Hall–Kier alpha value is -1.89. The summed E-state index contributed by atoms with van der Waals surface area (Å²) in [6, 6.07) is 0. The average molecular weight is 348 g/mol. The topological polar surface area (TPSA) is 67.7 Å². The molecular weight excluding hydrogens is 320 g/mol. The highest BCUT2D eigenvalue weighted by atomic mass is 16.5. The molecule has 2 fully saturated rings. The maximum Gasteiger partial charge on any atom is 0.257 e. The minimum atomic E-state index is 0.0673. The van der Waals surface area contributed by atoms with Crippen LogP contribution >= 0.6 is 0 Å². The summed E-state index contributed by atoms with van der Waals surface area (Å²) in [5.74, 6) is 0.297. The standard InChI is InChI=1S/C18H28N4O3/c1-3-22-13-15(12-19-22)17(24)20-8-6-18(7-9-20)5-4-16(23)21(14-18)10-11-25-2/h12-13H,3-11,14H2,1-2H3. The number of nitrogens with zero attached hydrogens (tertiary/aromatic N) is 4. The molecule has 0 aromatic carbocycles. The molecule has 0 unspecified atom stereocenters. The van der Waals surface area contributed by atoms with Crippen molar-refractivity contribution < 1.29 is 14.3 Å². The number of carbonyl (C=O) groups excluding carboxylic acids is 2. The third-order valence-electron chi connectivity index (χ3n) is 5.63. The molecule has 0 saturated carbocycles. The molecule has 2 saturated heterocycles. The summed E-state index contributed by atoms with van der Waals surface area (Å²) in [5, 5.41) is 4.19. The molecule has 2 aliphatic rings. The lowest BCUT2D eigenvalue weighted by Crippen LogP contribution is -2.52. The number of ether oxygens (including phenoxy) is 1. The van der Waals surface area contributed by atoms with E-state index in [1.165, 1.54) is 0 Å². The molecule has 138 valence electrons. The Morgan fingerprint density at radius 2 is 2.08 bits per heavy atom. The van der Waals surface area contributed by atoms with Crippen LogP contribution in [-0.4, -0.2) is 71.3 Å². The van der Waals surface area contributed by atoms with Crippen molar-refractivity contribution in [1.29, 1.82) is 0 Å². The van der Waals surface area contributed by atoms with Crippen molar-refractivity contribution in [3.63, 3.8) is 0 Å². The first-order chi connectivity index (χ1) is 12.1. The van der Waals surface area contributed by atoms with Crippen LogP contribution in [-0.2, 0) is 16.1 Å². The molecule has 0 radical (unpaired) electrons. The van der Waals surface area contributed by atoms with Crippen LogP contribution in [0, 0.1) is 5.41 Å². The molecule has 0 N–H and O–H groups in total. The van der Waals surface area contributed by atoms with Crippen LogP contribution in [0.2, 0.25) is 0 Å². The first kappa shape index (κ1) is 17.9. The number of hydrogen-bond donors (Lipinski definition) is 0. The lowest BCUT2D eigenvalue weighted by atomic mass is 9.72. The lowest BCUT2D eigenvalue weighted by Gasteiger charge is -2.47. The van der Waals surface area contributed by atoms with Crippen molar-refractivity contribution in [3.8, 4) is 0 Å². The van der Waals surface area contributed by atoms with Crippen molar-refractivity contribution in [2.45, 2.75) is 39.2 Å². The predicted molar refractivity (Wildman–Crippen MR) is 93.2 cm³/mol. The van der Waals surface area contributed by atoms with Gasteiger partial charge in [-0.05, 0) is 31.6 Å². The van der Waals surface area contributed by atoms with E-state index < -0.39 is 0 Å². The van der Waals surface area contributed by atoms with Crippen LogP contribution in [0.3, 0.4) is 0 Å². The molecule has 3 rings (SSSR count). The van der Waals surface area contributed by atoms with Crippen LogP contribution in [0.4, 0.5) is 0 Å². The average Bonchev–Trinajstić information content (AvgIpc) is 3.12. The van der Waals surface area contributed by atoms with Crippen LogP contribution in [0.15, 0.2) is 12.4 Å². The molecule has 0 bridgehead atoms. The quantitative estimate of drug-likeness (QED) is 0.806. The number of hydrogen-bond acceptors (Lipinski definition) is 4. The maximum absolute atomic E-state index is 12.6. The zero-order valence-corrected chi connectivity index (χ0v) is 15.2. The van der Waals surface area contributed by atoms with E-state index in [0.717, 1.165) is 45.4 Å². The van der Waals surface area contributed by atoms with Gasteiger partial charge in [0, 0.05) is 52.5 Å². The highest BCUT2D eigenvalue weighted by molar-refractivity contribution is 5.93.